The molecule has 1 aromatic carbocycles. The fraction of sp³-hybridized carbons (Fsp3) is 0.294. The molecular weight excluding hydrogens is 300 g/mol. The maximum atomic E-state index is 13.2. The number of nitrogens with zero attached hydrogens (tertiary/aromatic N) is 1. The molecule has 122 valence electrons. The largest absolute Gasteiger partial charge is 0.352 e. The molecule has 0 spiro atoms. The van der Waals surface area contributed by atoms with Crippen LogP contribution in [0.15, 0.2) is 36.5 Å². The Morgan fingerprint density at radius 2 is 1.96 bits per heavy atom. The third-order valence-electron chi connectivity index (χ3n) is 3.28. The molecule has 6 heteroatoms. The summed E-state index contributed by atoms with van der Waals surface area (Å²) in [4.78, 5) is 16.1. The molecule has 0 saturated heterocycles. The minimum Gasteiger partial charge on any atom is -0.352 e. The number of carbonyl (C=O) groups is 1. The standard InChI is InChI=1S/C17H19F2N3O/c1-2-3-4-8-21-17(23)12-7-9-20-16(10-12)22-13-5-6-14(18)15(19)11-13/h5-7,9-11H,2-4,8H2,1H3,(H,20,22)(H,21,23). The van der Waals surface area contributed by atoms with Crippen molar-refractivity contribution >= 4 is 17.4 Å². The van der Waals surface area contributed by atoms with Crippen molar-refractivity contribution in [2.75, 3.05) is 11.9 Å². The Labute approximate surface area is 133 Å². The van der Waals surface area contributed by atoms with Crippen LogP contribution in [0.4, 0.5) is 20.3 Å². The predicted octanol–water partition coefficient (Wildman–Crippen LogP) is 4.02. The summed E-state index contributed by atoms with van der Waals surface area (Å²) in [6.45, 7) is 2.72. The average molecular weight is 319 g/mol. The molecule has 1 heterocycles. The Morgan fingerprint density at radius 1 is 1.13 bits per heavy atom. The fourth-order valence-corrected chi connectivity index (χ4v) is 2.04. The van der Waals surface area contributed by atoms with Crippen LogP contribution in [0.25, 0.3) is 0 Å². The molecule has 0 saturated carbocycles. The molecule has 2 rings (SSSR count). The van der Waals surface area contributed by atoms with Crippen LogP contribution in [0.3, 0.4) is 0 Å². The lowest BCUT2D eigenvalue weighted by Crippen LogP contribution is -2.24. The number of carbonyl (C=O) groups excluding carboxylic acids is 1. The van der Waals surface area contributed by atoms with E-state index in [-0.39, 0.29) is 5.91 Å². The van der Waals surface area contributed by atoms with E-state index in [1.165, 1.54) is 12.3 Å². The van der Waals surface area contributed by atoms with Gasteiger partial charge in [0.2, 0.25) is 0 Å². The number of hydrogen-bond donors (Lipinski definition) is 2. The smallest absolute Gasteiger partial charge is 0.251 e. The maximum absolute atomic E-state index is 13.2. The van der Waals surface area contributed by atoms with Crippen LogP contribution in [-0.4, -0.2) is 17.4 Å². The summed E-state index contributed by atoms with van der Waals surface area (Å²) in [6.07, 6.45) is 4.59. The Balaban J connectivity index is 2.01. The number of aromatic nitrogens is 1. The summed E-state index contributed by atoms with van der Waals surface area (Å²) >= 11 is 0. The summed E-state index contributed by atoms with van der Waals surface area (Å²) in [5, 5.41) is 5.68. The van der Waals surface area contributed by atoms with Crippen LogP contribution in [0.2, 0.25) is 0 Å². The van der Waals surface area contributed by atoms with Crippen LogP contribution in [0.1, 0.15) is 36.5 Å². The first-order valence-electron chi connectivity index (χ1n) is 7.56. The molecule has 2 aromatic rings. The maximum Gasteiger partial charge on any atom is 0.251 e. The van der Waals surface area contributed by atoms with Gasteiger partial charge in [-0.3, -0.25) is 4.79 Å². The second-order valence-corrected chi connectivity index (χ2v) is 5.15. The molecule has 0 aliphatic carbocycles. The van der Waals surface area contributed by atoms with E-state index >= 15 is 0 Å². The number of halogens is 2. The van der Waals surface area contributed by atoms with E-state index in [0.717, 1.165) is 31.4 Å². The van der Waals surface area contributed by atoms with Crippen molar-refractivity contribution < 1.29 is 13.6 Å². The summed E-state index contributed by atoms with van der Waals surface area (Å²) in [5.41, 5.74) is 0.818. The molecule has 1 amide bonds. The number of benzene rings is 1. The third kappa shape index (κ3) is 5.02. The third-order valence-corrected chi connectivity index (χ3v) is 3.28. The van der Waals surface area contributed by atoms with Gasteiger partial charge in [-0.2, -0.15) is 0 Å². The molecule has 0 bridgehead atoms. The highest BCUT2D eigenvalue weighted by Crippen LogP contribution is 2.18. The van der Waals surface area contributed by atoms with Gasteiger partial charge in [-0.15, -0.1) is 0 Å². The second kappa shape index (κ2) is 8.22. The highest BCUT2D eigenvalue weighted by Gasteiger charge is 2.08. The summed E-state index contributed by atoms with van der Waals surface area (Å²) in [6, 6.07) is 6.63. The van der Waals surface area contributed by atoms with Gasteiger partial charge in [0.05, 0.1) is 0 Å². The van der Waals surface area contributed by atoms with Gasteiger partial charge in [0.1, 0.15) is 5.82 Å². The lowest BCUT2D eigenvalue weighted by atomic mass is 10.2. The Bertz CT molecular complexity index is 677. The fourth-order valence-electron chi connectivity index (χ4n) is 2.04. The zero-order chi connectivity index (χ0) is 16.7. The second-order valence-electron chi connectivity index (χ2n) is 5.15. The molecule has 2 N–H and O–H groups in total. The Hall–Kier alpha value is -2.50. The zero-order valence-electron chi connectivity index (χ0n) is 12.9. The van der Waals surface area contributed by atoms with E-state index < -0.39 is 11.6 Å². The lowest BCUT2D eigenvalue weighted by Gasteiger charge is -2.08. The van der Waals surface area contributed by atoms with Gasteiger partial charge in [0.25, 0.3) is 5.91 Å². The minimum atomic E-state index is -0.945. The SMILES string of the molecule is CCCCCNC(=O)c1ccnc(Nc2ccc(F)c(F)c2)c1. The van der Waals surface area contributed by atoms with Crippen molar-refractivity contribution in [2.24, 2.45) is 0 Å². The van der Waals surface area contributed by atoms with Crippen molar-refractivity contribution in [3.63, 3.8) is 0 Å². The van der Waals surface area contributed by atoms with Gasteiger partial charge in [-0.25, -0.2) is 13.8 Å². The molecule has 0 unspecified atom stereocenters. The number of pyridine rings is 1. The first-order chi connectivity index (χ1) is 11.1. The van der Waals surface area contributed by atoms with E-state index in [1.807, 2.05) is 0 Å². The molecule has 23 heavy (non-hydrogen) atoms. The number of rotatable bonds is 7. The van der Waals surface area contributed by atoms with Crippen molar-refractivity contribution in [2.45, 2.75) is 26.2 Å². The molecule has 0 aliphatic rings. The van der Waals surface area contributed by atoms with Gasteiger partial charge in [-0.05, 0) is 30.7 Å². The van der Waals surface area contributed by atoms with Crippen molar-refractivity contribution in [1.29, 1.82) is 0 Å². The minimum absolute atomic E-state index is 0.183. The Kier molecular flexibility index (Phi) is 6.02. The van der Waals surface area contributed by atoms with E-state index in [1.54, 1.807) is 12.1 Å². The highest BCUT2D eigenvalue weighted by atomic mass is 19.2. The molecule has 0 atom stereocenters. The van der Waals surface area contributed by atoms with E-state index in [0.29, 0.717) is 23.6 Å². The quantitative estimate of drug-likeness (QED) is 0.758. The first-order valence-corrected chi connectivity index (χ1v) is 7.56. The van der Waals surface area contributed by atoms with Gasteiger partial charge < -0.3 is 10.6 Å². The van der Waals surface area contributed by atoms with Crippen molar-refractivity contribution in [3.8, 4) is 0 Å². The van der Waals surface area contributed by atoms with Crippen LogP contribution < -0.4 is 10.6 Å². The van der Waals surface area contributed by atoms with Gasteiger partial charge in [0, 0.05) is 30.1 Å². The highest BCUT2D eigenvalue weighted by molar-refractivity contribution is 5.94. The van der Waals surface area contributed by atoms with Crippen LogP contribution in [0, 0.1) is 11.6 Å². The molecule has 0 fully saturated rings. The van der Waals surface area contributed by atoms with Crippen LogP contribution in [-0.2, 0) is 0 Å². The van der Waals surface area contributed by atoms with Crippen LogP contribution >= 0.6 is 0 Å². The number of amides is 1. The normalized spacial score (nSPS) is 10.4. The number of hydrogen-bond acceptors (Lipinski definition) is 3. The number of nitrogens with one attached hydrogen (secondary N) is 2. The molecular formula is C17H19F2N3O. The summed E-state index contributed by atoms with van der Waals surface area (Å²) in [7, 11) is 0. The molecule has 0 aliphatic heterocycles. The predicted molar refractivity (Wildman–Crippen MR) is 85.7 cm³/mol. The Morgan fingerprint density at radius 3 is 2.70 bits per heavy atom. The van der Waals surface area contributed by atoms with Gasteiger partial charge in [-0.1, -0.05) is 19.8 Å². The van der Waals surface area contributed by atoms with Gasteiger partial charge >= 0.3 is 0 Å². The zero-order valence-corrected chi connectivity index (χ0v) is 12.9. The molecule has 1 aromatic heterocycles. The van der Waals surface area contributed by atoms with E-state index in [4.69, 9.17) is 0 Å². The van der Waals surface area contributed by atoms with Crippen molar-refractivity contribution in [3.05, 3.63) is 53.7 Å². The number of anilines is 2. The lowest BCUT2D eigenvalue weighted by molar-refractivity contribution is 0.0953. The van der Waals surface area contributed by atoms with Crippen LogP contribution in [0.5, 0.6) is 0 Å². The topological polar surface area (TPSA) is 54.0 Å². The van der Waals surface area contributed by atoms with Gasteiger partial charge in [0.15, 0.2) is 11.6 Å². The summed E-state index contributed by atoms with van der Waals surface area (Å²) in [5.74, 6) is -1.66. The first kappa shape index (κ1) is 16.9. The number of unbranched alkanes of at least 4 members (excludes halogenated alkanes) is 2. The summed E-state index contributed by atoms with van der Waals surface area (Å²) < 4.78 is 26.1. The average Bonchev–Trinajstić information content (AvgIpc) is 2.55. The molecule has 0 radical (unpaired) electrons. The van der Waals surface area contributed by atoms with Crippen molar-refractivity contribution in [1.82, 2.24) is 10.3 Å². The molecule has 4 nitrogen and oxygen atoms in total. The van der Waals surface area contributed by atoms with E-state index in [2.05, 4.69) is 22.5 Å². The monoisotopic (exact) mass is 319 g/mol. The van der Waals surface area contributed by atoms with E-state index in [9.17, 15) is 13.6 Å².